The van der Waals surface area contributed by atoms with Crippen LogP contribution in [0, 0.1) is 5.92 Å². The minimum atomic E-state index is -3.71. The van der Waals surface area contributed by atoms with E-state index >= 15 is 0 Å². The summed E-state index contributed by atoms with van der Waals surface area (Å²) < 4.78 is 33.2. The number of benzene rings is 2. The molecule has 25 heavy (non-hydrogen) atoms. The lowest BCUT2D eigenvalue weighted by Gasteiger charge is -2.26. The first kappa shape index (κ1) is 17.3. The van der Waals surface area contributed by atoms with Crippen LogP contribution in [0.2, 0.25) is 0 Å². The smallest absolute Gasteiger partial charge is 0.264 e. The Bertz CT molecular complexity index is 980. The molecule has 1 aromatic heterocycles. The number of sulfonamides is 1. The average molecular weight is 359 g/mol. The van der Waals surface area contributed by atoms with E-state index in [4.69, 9.17) is 4.74 Å². The second-order valence-corrected chi connectivity index (χ2v) is 8.11. The molecule has 6 nitrogen and oxygen atoms in total. The van der Waals surface area contributed by atoms with Crippen LogP contribution < -0.4 is 9.04 Å². The van der Waals surface area contributed by atoms with Crippen molar-refractivity contribution in [3.63, 3.8) is 0 Å². The molecule has 0 atom stereocenters. The maximum atomic E-state index is 13.3. The maximum Gasteiger partial charge on any atom is 0.264 e. The topological polar surface area (TPSA) is 75.3 Å². The van der Waals surface area contributed by atoms with E-state index in [0.29, 0.717) is 18.0 Å². The standard InChI is InChI=1S/C18H21N3O3S/c1-13(2)12-21(15-5-4-6-16(10-15)24-3)25(22,23)17-7-8-18-14(9-17)11-19-20-18/h4-11,13H,12H2,1-3H3,(H,19,20). The Hall–Kier alpha value is -2.54. The van der Waals surface area contributed by atoms with Crippen molar-refractivity contribution in [2.45, 2.75) is 18.7 Å². The van der Waals surface area contributed by atoms with Crippen LogP contribution in [0.25, 0.3) is 10.9 Å². The monoisotopic (exact) mass is 359 g/mol. The van der Waals surface area contributed by atoms with Gasteiger partial charge in [-0.1, -0.05) is 19.9 Å². The minimum Gasteiger partial charge on any atom is -0.497 e. The number of methoxy groups -OCH3 is 1. The highest BCUT2D eigenvalue weighted by molar-refractivity contribution is 7.92. The Morgan fingerprint density at radius 2 is 2.00 bits per heavy atom. The molecule has 0 spiro atoms. The number of nitrogens with zero attached hydrogens (tertiary/aromatic N) is 2. The van der Waals surface area contributed by atoms with Gasteiger partial charge in [0.25, 0.3) is 10.0 Å². The molecule has 0 amide bonds. The summed E-state index contributed by atoms with van der Waals surface area (Å²) in [5.41, 5.74) is 1.39. The normalized spacial score (nSPS) is 11.8. The van der Waals surface area contributed by atoms with Crippen LogP contribution >= 0.6 is 0 Å². The third kappa shape index (κ3) is 3.46. The molecule has 0 unspecified atom stereocenters. The summed E-state index contributed by atoms with van der Waals surface area (Å²) in [6.45, 7) is 4.35. The van der Waals surface area contributed by atoms with Gasteiger partial charge in [0, 0.05) is 18.0 Å². The summed E-state index contributed by atoms with van der Waals surface area (Å²) in [4.78, 5) is 0.241. The molecule has 1 heterocycles. The molecule has 0 aliphatic rings. The third-order valence-electron chi connectivity index (χ3n) is 3.87. The van der Waals surface area contributed by atoms with Gasteiger partial charge in [0.15, 0.2) is 0 Å². The molecule has 3 aromatic rings. The van der Waals surface area contributed by atoms with Crippen molar-refractivity contribution in [1.29, 1.82) is 0 Å². The Labute approximate surface area is 147 Å². The van der Waals surface area contributed by atoms with Gasteiger partial charge in [-0.2, -0.15) is 5.10 Å². The Morgan fingerprint density at radius 3 is 2.72 bits per heavy atom. The highest BCUT2D eigenvalue weighted by atomic mass is 32.2. The lowest BCUT2D eigenvalue weighted by Crippen LogP contribution is -2.34. The highest BCUT2D eigenvalue weighted by Crippen LogP contribution is 2.29. The van der Waals surface area contributed by atoms with Crippen LogP contribution in [0.4, 0.5) is 5.69 Å². The zero-order valence-electron chi connectivity index (χ0n) is 14.4. The first-order valence-electron chi connectivity index (χ1n) is 8.02. The summed E-state index contributed by atoms with van der Waals surface area (Å²) in [6.07, 6.45) is 1.62. The molecule has 0 radical (unpaired) electrons. The predicted octanol–water partition coefficient (Wildman–Crippen LogP) is 3.42. The number of fused-ring (bicyclic) bond motifs is 1. The summed E-state index contributed by atoms with van der Waals surface area (Å²) in [7, 11) is -2.14. The average Bonchev–Trinajstić information content (AvgIpc) is 3.07. The molecule has 2 aromatic carbocycles. The molecule has 0 aliphatic heterocycles. The van der Waals surface area contributed by atoms with E-state index in [2.05, 4.69) is 10.2 Å². The summed E-state index contributed by atoms with van der Waals surface area (Å²) >= 11 is 0. The van der Waals surface area contributed by atoms with Crippen molar-refractivity contribution in [3.05, 3.63) is 48.7 Å². The van der Waals surface area contributed by atoms with Crippen LogP contribution in [0.5, 0.6) is 5.75 Å². The molecule has 132 valence electrons. The van der Waals surface area contributed by atoms with Gasteiger partial charge in [-0.05, 0) is 36.2 Å². The first-order chi connectivity index (χ1) is 11.9. The van der Waals surface area contributed by atoms with Crippen molar-refractivity contribution in [3.8, 4) is 5.75 Å². The van der Waals surface area contributed by atoms with Crippen molar-refractivity contribution >= 4 is 26.6 Å². The van der Waals surface area contributed by atoms with E-state index in [1.165, 1.54) is 4.31 Å². The number of hydrogen-bond acceptors (Lipinski definition) is 4. The number of nitrogens with one attached hydrogen (secondary N) is 1. The van der Waals surface area contributed by atoms with E-state index in [1.807, 2.05) is 13.8 Å². The Morgan fingerprint density at radius 1 is 1.20 bits per heavy atom. The number of anilines is 1. The van der Waals surface area contributed by atoms with Gasteiger partial charge >= 0.3 is 0 Å². The Balaban J connectivity index is 2.09. The maximum absolute atomic E-state index is 13.3. The van der Waals surface area contributed by atoms with Crippen LogP contribution in [0.3, 0.4) is 0 Å². The summed E-state index contributed by atoms with van der Waals surface area (Å²) in [5, 5.41) is 7.54. The molecule has 0 saturated carbocycles. The molecule has 7 heteroatoms. The number of aromatic amines is 1. The minimum absolute atomic E-state index is 0.165. The van der Waals surface area contributed by atoms with E-state index in [9.17, 15) is 8.42 Å². The first-order valence-corrected chi connectivity index (χ1v) is 9.46. The molecule has 0 saturated heterocycles. The lowest BCUT2D eigenvalue weighted by molar-refractivity contribution is 0.415. The molecule has 0 fully saturated rings. The van der Waals surface area contributed by atoms with Gasteiger partial charge in [-0.25, -0.2) is 8.42 Å². The van der Waals surface area contributed by atoms with Crippen molar-refractivity contribution in [2.24, 2.45) is 5.92 Å². The van der Waals surface area contributed by atoms with E-state index in [-0.39, 0.29) is 10.8 Å². The zero-order valence-corrected chi connectivity index (χ0v) is 15.2. The van der Waals surface area contributed by atoms with Gasteiger partial charge in [-0.15, -0.1) is 0 Å². The fourth-order valence-electron chi connectivity index (χ4n) is 2.65. The van der Waals surface area contributed by atoms with E-state index in [0.717, 1.165) is 10.9 Å². The largest absolute Gasteiger partial charge is 0.497 e. The van der Waals surface area contributed by atoms with Crippen molar-refractivity contribution in [1.82, 2.24) is 10.2 Å². The van der Waals surface area contributed by atoms with Crippen LogP contribution in [0.1, 0.15) is 13.8 Å². The van der Waals surface area contributed by atoms with Crippen molar-refractivity contribution < 1.29 is 13.2 Å². The van der Waals surface area contributed by atoms with Gasteiger partial charge in [-0.3, -0.25) is 9.40 Å². The lowest BCUT2D eigenvalue weighted by atomic mass is 10.2. The molecule has 0 bridgehead atoms. The van der Waals surface area contributed by atoms with Crippen molar-refractivity contribution in [2.75, 3.05) is 18.0 Å². The summed E-state index contributed by atoms with van der Waals surface area (Å²) in [5.74, 6) is 0.783. The second kappa shape index (κ2) is 6.76. The number of hydrogen-bond donors (Lipinski definition) is 1. The quantitative estimate of drug-likeness (QED) is 0.732. The van der Waals surface area contributed by atoms with Gasteiger partial charge < -0.3 is 4.74 Å². The molecular formula is C18H21N3O3S. The number of aromatic nitrogens is 2. The second-order valence-electron chi connectivity index (χ2n) is 6.25. The summed E-state index contributed by atoms with van der Waals surface area (Å²) in [6, 6.07) is 12.1. The van der Waals surface area contributed by atoms with Crippen LogP contribution in [-0.2, 0) is 10.0 Å². The Kier molecular flexibility index (Phi) is 4.67. The SMILES string of the molecule is COc1cccc(N(CC(C)C)S(=O)(=O)c2ccc3[nH]ncc3c2)c1. The fraction of sp³-hybridized carbons (Fsp3) is 0.278. The van der Waals surface area contributed by atoms with Gasteiger partial charge in [0.2, 0.25) is 0 Å². The molecular weight excluding hydrogens is 338 g/mol. The number of rotatable bonds is 6. The number of ether oxygens (including phenoxy) is 1. The van der Waals surface area contributed by atoms with Gasteiger partial charge in [0.1, 0.15) is 5.75 Å². The van der Waals surface area contributed by atoms with Crippen LogP contribution in [0.15, 0.2) is 53.6 Å². The number of H-pyrrole nitrogens is 1. The molecule has 1 N–H and O–H groups in total. The third-order valence-corrected chi connectivity index (χ3v) is 5.66. The van der Waals surface area contributed by atoms with E-state index in [1.54, 1.807) is 55.8 Å². The highest BCUT2D eigenvalue weighted by Gasteiger charge is 2.26. The van der Waals surface area contributed by atoms with Gasteiger partial charge in [0.05, 0.1) is 29.4 Å². The molecule has 3 rings (SSSR count). The van der Waals surface area contributed by atoms with E-state index < -0.39 is 10.0 Å². The zero-order chi connectivity index (χ0) is 18.0. The molecule has 0 aliphatic carbocycles. The predicted molar refractivity (Wildman–Crippen MR) is 98.5 cm³/mol. The fourth-order valence-corrected chi connectivity index (χ4v) is 4.30. The van der Waals surface area contributed by atoms with Crippen LogP contribution in [-0.4, -0.2) is 32.3 Å².